The van der Waals surface area contributed by atoms with Crippen LogP contribution in [0.4, 0.5) is 0 Å². The molecule has 2 N–H and O–H groups in total. The Labute approximate surface area is 141 Å². The fourth-order valence-electron chi connectivity index (χ4n) is 2.26. The van der Waals surface area contributed by atoms with Crippen LogP contribution < -0.4 is 10.2 Å². The maximum Gasteiger partial charge on any atom is 0.220 e. The Morgan fingerprint density at radius 3 is 2.35 bits per heavy atom. The lowest BCUT2D eigenvalue weighted by atomic mass is 10.1. The lowest BCUT2D eigenvalue weighted by Crippen LogP contribution is -3.04. The fraction of sp³-hybridized carbons (Fsp3) is 0.333. The topological polar surface area (TPSA) is 50.6 Å². The van der Waals surface area contributed by atoms with Crippen LogP contribution in [-0.4, -0.2) is 25.8 Å². The molecule has 0 saturated carbocycles. The van der Waals surface area contributed by atoms with Crippen molar-refractivity contribution in [1.82, 2.24) is 5.32 Å². The molecule has 1 aromatic heterocycles. The maximum absolute atomic E-state index is 11.8. The number of benzene rings is 1. The number of amides is 1. The number of carbonyl (C=O) groups excluding carboxylic acids is 2. The number of carbonyl (C=O) groups is 2. The highest BCUT2D eigenvalue weighted by Crippen LogP contribution is 2.12. The molecule has 0 aliphatic carbocycles. The molecular weight excluding hydrogens is 308 g/mol. The number of ketones is 1. The molecule has 122 valence electrons. The van der Waals surface area contributed by atoms with E-state index < -0.39 is 0 Å². The smallest absolute Gasteiger partial charge is 0.220 e. The second-order valence-electron chi connectivity index (χ2n) is 5.88. The molecule has 0 atom stereocenters. The number of nitrogens with one attached hydrogen (secondary N) is 2. The van der Waals surface area contributed by atoms with Crippen molar-refractivity contribution in [2.75, 3.05) is 14.1 Å². The third-order valence-electron chi connectivity index (χ3n) is 3.45. The first kappa shape index (κ1) is 17.4. The third-order valence-corrected chi connectivity index (χ3v) is 4.36. The van der Waals surface area contributed by atoms with Gasteiger partial charge in [0.1, 0.15) is 6.54 Å². The molecule has 0 radical (unpaired) electrons. The van der Waals surface area contributed by atoms with E-state index in [1.807, 2.05) is 23.6 Å². The van der Waals surface area contributed by atoms with Crippen molar-refractivity contribution in [3.63, 3.8) is 0 Å². The van der Waals surface area contributed by atoms with E-state index >= 15 is 0 Å². The van der Waals surface area contributed by atoms with Gasteiger partial charge >= 0.3 is 0 Å². The molecule has 0 saturated heterocycles. The van der Waals surface area contributed by atoms with Crippen molar-refractivity contribution in [3.8, 4) is 0 Å². The molecule has 1 aromatic carbocycles. The van der Waals surface area contributed by atoms with Gasteiger partial charge < -0.3 is 10.2 Å². The van der Waals surface area contributed by atoms with Crippen LogP contribution in [0, 0.1) is 0 Å². The van der Waals surface area contributed by atoms with Crippen molar-refractivity contribution in [3.05, 3.63) is 57.8 Å². The second kappa shape index (κ2) is 8.60. The minimum absolute atomic E-state index is 0.0330. The van der Waals surface area contributed by atoms with E-state index in [9.17, 15) is 9.59 Å². The molecule has 5 heteroatoms. The Hall–Kier alpha value is -1.98. The second-order valence-corrected chi connectivity index (χ2v) is 6.83. The number of hydrogen-bond donors (Lipinski definition) is 2. The van der Waals surface area contributed by atoms with Crippen LogP contribution in [0.5, 0.6) is 0 Å². The molecule has 0 aliphatic heterocycles. The zero-order chi connectivity index (χ0) is 16.7. The molecule has 0 fully saturated rings. The zero-order valence-electron chi connectivity index (χ0n) is 13.6. The van der Waals surface area contributed by atoms with E-state index in [0.29, 0.717) is 6.54 Å². The zero-order valence-corrected chi connectivity index (χ0v) is 14.4. The summed E-state index contributed by atoms with van der Waals surface area (Å²) < 4.78 is 0. The van der Waals surface area contributed by atoms with Gasteiger partial charge in [0.25, 0.3) is 0 Å². The van der Waals surface area contributed by atoms with Crippen LogP contribution in [0.25, 0.3) is 0 Å². The SMILES string of the molecule is C[NH+](C)Cc1ccc(CNC(=O)CCC(=O)c2cccs2)cc1. The summed E-state index contributed by atoms with van der Waals surface area (Å²) in [6.45, 7) is 1.48. The van der Waals surface area contributed by atoms with Gasteiger partial charge in [0.15, 0.2) is 5.78 Å². The number of hydrogen-bond acceptors (Lipinski definition) is 3. The predicted molar refractivity (Wildman–Crippen MR) is 92.7 cm³/mol. The first-order chi connectivity index (χ1) is 11.0. The van der Waals surface area contributed by atoms with Crippen molar-refractivity contribution in [1.29, 1.82) is 0 Å². The molecule has 4 nitrogen and oxygen atoms in total. The van der Waals surface area contributed by atoms with Crippen molar-refractivity contribution >= 4 is 23.0 Å². The molecular formula is C18H23N2O2S+. The molecule has 23 heavy (non-hydrogen) atoms. The largest absolute Gasteiger partial charge is 0.352 e. The van der Waals surface area contributed by atoms with Gasteiger partial charge in [-0.1, -0.05) is 30.3 Å². The summed E-state index contributed by atoms with van der Waals surface area (Å²) in [4.78, 5) is 25.8. The molecule has 0 spiro atoms. The van der Waals surface area contributed by atoms with Gasteiger partial charge in [-0.2, -0.15) is 0 Å². The van der Waals surface area contributed by atoms with E-state index in [4.69, 9.17) is 0 Å². The number of Topliss-reactive ketones (excluding diaryl/α,β-unsaturated/α-hetero) is 1. The van der Waals surface area contributed by atoms with E-state index in [1.54, 1.807) is 6.07 Å². The van der Waals surface area contributed by atoms with Gasteiger partial charge in [-0.3, -0.25) is 9.59 Å². The van der Waals surface area contributed by atoms with Crippen LogP contribution >= 0.6 is 11.3 Å². The number of rotatable bonds is 8. The number of quaternary nitrogens is 1. The predicted octanol–water partition coefficient (Wildman–Crippen LogP) is 1.67. The van der Waals surface area contributed by atoms with Gasteiger partial charge in [0.2, 0.25) is 5.91 Å². The molecule has 2 aromatic rings. The molecule has 1 heterocycles. The lowest BCUT2D eigenvalue weighted by Gasteiger charge is -2.08. The van der Waals surface area contributed by atoms with E-state index in [2.05, 4.69) is 31.5 Å². The van der Waals surface area contributed by atoms with Crippen LogP contribution in [0.15, 0.2) is 41.8 Å². The third kappa shape index (κ3) is 5.96. The summed E-state index contributed by atoms with van der Waals surface area (Å²) in [7, 11) is 4.23. The van der Waals surface area contributed by atoms with Crippen LogP contribution in [0.2, 0.25) is 0 Å². The summed E-state index contributed by atoms with van der Waals surface area (Å²) in [6, 6.07) is 11.9. The average molecular weight is 331 g/mol. The molecule has 2 rings (SSSR count). The number of thiophene rings is 1. The van der Waals surface area contributed by atoms with Gasteiger partial charge in [0.05, 0.1) is 19.0 Å². The Morgan fingerprint density at radius 2 is 1.74 bits per heavy atom. The Balaban J connectivity index is 1.72. The standard InChI is InChI=1S/C18H22N2O2S/c1-20(2)13-15-7-5-14(6-8-15)12-19-18(22)10-9-16(21)17-4-3-11-23-17/h3-8,11H,9-10,12-13H2,1-2H3,(H,19,22)/p+1. The Kier molecular flexibility index (Phi) is 6.50. The summed E-state index contributed by atoms with van der Waals surface area (Å²) in [5.74, 6) is -0.0533. The van der Waals surface area contributed by atoms with Crippen molar-refractivity contribution < 1.29 is 14.5 Å². The highest BCUT2D eigenvalue weighted by molar-refractivity contribution is 7.12. The molecule has 1 amide bonds. The van der Waals surface area contributed by atoms with Crippen LogP contribution in [-0.2, 0) is 17.9 Å². The molecule has 0 bridgehead atoms. The van der Waals surface area contributed by atoms with Crippen LogP contribution in [0.1, 0.15) is 33.6 Å². The highest BCUT2D eigenvalue weighted by Gasteiger charge is 2.10. The first-order valence-corrected chi connectivity index (χ1v) is 8.63. The van der Waals surface area contributed by atoms with Gasteiger partial charge in [-0.15, -0.1) is 11.3 Å². The first-order valence-electron chi connectivity index (χ1n) is 7.75. The van der Waals surface area contributed by atoms with Gasteiger partial charge in [0, 0.05) is 24.9 Å². The Morgan fingerprint density at radius 1 is 1.04 bits per heavy atom. The normalized spacial score (nSPS) is 10.7. The average Bonchev–Trinajstić information content (AvgIpc) is 3.06. The van der Waals surface area contributed by atoms with Gasteiger partial charge in [-0.25, -0.2) is 0 Å². The van der Waals surface area contributed by atoms with Gasteiger partial charge in [-0.05, 0) is 17.0 Å². The Bertz CT molecular complexity index is 634. The molecule has 0 aliphatic rings. The maximum atomic E-state index is 11.8. The van der Waals surface area contributed by atoms with Crippen molar-refractivity contribution in [2.24, 2.45) is 0 Å². The quantitative estimate of drug-likeness (QED) is 0.723. The van der Waals surface area contributed by atoms with Crippen molar-refractivity contribution in [2.45, 2.75) is 25.9 Å². The van der Waals surface area contributed by atoms with E-state index in [1.165, 1.54) is 21.8 Å². The fourth-order valence-corrected chi connectivity index (χ4v) is 2.95. The summed E-state index contributed by atoms with van der Waals surface area (Å²) in [6.07, 6.45) is 0.496. The van der Waals surface area contributed by atoms with E-state index in [-0.39, 0.29) is 24.5 Å². The summed E-state index contributed by atoms with van der Waals surface area (Å²) in [5, 5.41) is 4.74. The monoisotopic (exact) mass is 331 g/mol. The summed E-state index contributed by atoms with van der Waals surface area (Å²) >= 11 is 1.42. The highest BCUT2D eigenvalue weighted by atomic mass is 32.1. The minimum atomic E-state index is -0.0864. The molecule has 0 unspecified atom stereocenters. The minimum Gasteiger partial charge on any atom is -0.352 e. The summed E-state index contributed by atoms with van der Waals surface area (Å²) in [5.41, 5.74) is 2.35. The van der Waals surface area contributed by atoms with E-state index in [0.717, 1.165) is 17.0 Å². The lowest BCUT2D eigenvalue weighted by molar-refractivity contribution is -0.872. The van der Waals surface area contributed by atoms with Crippen LogP contribution in [0.3, 0.4) is 0 Å².